The second kappa shape index (κ2) is 7.72. The van der Waals surface area contributed by atoms with Crippen molar-refractivity contribution in [1.82, 2.24) is 15.2 Å². The molecule has 1 aliphatic carbocycles. The van der Waals surface area contributed by atoms with E-state index in [2.05, 4.69) is 15.6 Å². The van der Waals surface area contributed by atoms with Gasteiger partial charge in [0.1, 0.15) is 16.9 Å². The molecule has 2 fully saturated rings. The quantitative estimate of drug-likeness (QED) is 0.438. The van der Waals surface area contributed by atoms with Crippen LogP contribution in [0.2, 0.25) is 0 Å². The van der Waals surface area contributed by atoms with E-state index in [0.717, 1.165) is 25.7 Å². The highest BCUT2D eigenvalue weighted by atomic mass is 16.5. The molecule has 2 aliphatic rings. The van der Waals surface area contributed by atoms with Crippen LogP contribution in [-0.2, 0) is 9.53 Å². The van der Waals surface area contributed by atoms with Crippen molar-refractivity contribution in [3.05, 3.63) is 23.9 Å². The molecule has 2 heterocycles. The third-order valence-electron chi connectivity index (χ3n) is 4.86. The van der Waals surface area contributed by atoms with E-state index in [1.807, 2.05) is 0 Å². The molecule has 0 aromatic carbocycles. The number of imide groups is 1. The zero-order valence-corrected chi connectivity index (χ0v) is 14.9. The van der Waals surface area contributed by atoms with Gasteiger partial charge in [-0.25, -0.2) is 14.6 Å². The Morgan fingerprint density at radius 3 is 2.88 bits per heavy atom. The van der Waals surface area contributed by atoms with Gasteiger partial charge in [-0.2, -0.15) is 0 Å². The van der Waals surface area contributed by atoms with Gasteiger partial charge in [0.2, 0.25) is 0 Å². The Labute approximate surface area is 152 Å². The third-order valence-corrected chi connectivity index (χ3v) is 4.86. The number of esters is 1. The van der Waals surface area contributed by atoms with Crippen LogP contribution in [0.25, 0.3) is 0 Å². The second-order valence-electron chi connectivity index (χ2n) is 6.58. The van der Waals surface area contributed by atoms with Gasteiger partial charge in [0.05, 0.1) is 6.61 Å². The number of carbonyl (C=O) groups excluding carboxylic acids is 3. The van der Waals surface area contributed by atoms with Gasteiger partial charge in [-0.1, -0.05) is 12.8 Å². The second-order valence-corrected chi connectivity index (χ2v) is 6.58. The van der Waals surface area contributed by atoms with E-state index in [-0.39, 0.29) is 11.9 Å². The zero-order chi connectivity index (χ0) is 18.6. The molecule has 0 radical (unpaired) electrons. The van der Waals surface area contributed by atoms with Crippen molar-refractivity contribution in [2.24, 2.45) is 0 Å². The normalized spacial score (nSPS) is 18.3. The Bertz CT molecular complexity index is 700. The minimum absolute atomic E-state index is 0.106. The summed E-state index contributed by atoms with van der Waals surface area (Å²) in [6.07, 6.45) is 5.54. The van der Waals surface area contributed by atoms with Crippen LogP contribution in [0.3, 0.4) is 0 Å². The van der Waals surface area contributed by atoms with Crippen LogP contribution in [-0.4, -0.2) is 53.0 Å². The van der Waals surface area contributed by atoms with E-state index in [0.29, 0.717) is 37.5 Å². The van der Waals surface area contributed by atoms with Crippen LogP contribution in [0.5, 0.6) is 0 Å². The van der Waals surface area contributed by atoms with Crippen LogP contribution in [0, 0.1) is 0 Å². The lowest BCUT2D eigenvalue weighted by atomic mass is 9.98. The highest BCUT2D eigenvalue weighted by molar-refractivity contribution is 6.07. The van der Waals surface area contributed by atoms with Crippen molar-refractivity contribution >= 4 is 23.7 Å². The fourth-order valence-electron chi connectivity index (χ4n) is 3.56. The van der Waals surface area contributed by atoms with Gasteiger partial charge in [0, 0.05) is 19.3 Å². The van der Waals surface area contributed by atoms with Gasteiger partial charge in [-0.3, -0.25) is 9.69 Å². The third kappa shape index (κ3) is 3.49. The molecule has 1 saturated carbocycles. The molecule has 8 nitrogen and oxygen atoms in total. The minimum Gasteiger partial charge on any atom is -0.462 e. The summed E-state index contributed by atoms with van der Waals surface area (Å²) in [6, 6.07) is 3.02. The van der Waals surface area contributed by atoms with Crippen molar-refractivity contribution in [1.29, 1.82) is 0 Å². The lowest BCUT2D eigenvalue weighted by Crippen LogP contribution is -2.44. The molecular weight excluding hydrogens is 336 g/mol. The van der Waals surface area contributed by atoms with Gasteiger partial charge in [-0.15, -0.1) is 0 Å². The molecule has 140 valence electrons. The van der Waals surface area contributed by atoms with E-state index >= 15 is 0 Å². The predicted molar refractivity (Wildman–Crippen MR) is 94.7 cm³/mol. The number of amides is 3. The van der Waals surface area contributed by atoms with Crippen LogP contribution in [0.1, 0.15) is 49.4 Å². The SMILES string of the molecule is CCOC(=O)c1cccnc1NCCCN1C(=O)NC2(CCCC2)C1=O. The van der Waals surface area contributed by atoms with E-state index in [9.17, 15) is 14.4 Å². The maximum Gasteiger partial charge on any atom is 0.341 e. The van der Waals surface area contributed by atoms with Crippen molar-refractivity contribution in [3.63, 3.8) is 0 Å². The smallest absolute Gasteiger partial charge is 0.341 e. The number of carbonyl (C=O) groups is 3. The number of ether oxygens (including phenoxy) is 1. The van der Waals surface area contributed by atoms with Gasteiger partial charge in [0.15, 0.2) is 0 Å². The summed E-state index contributed by atoms with van der Waals surface area (Å²) in [5.74, 6) is -0.0964. The number of pyridine rings is 1. The molecule has 1 saturated heterocycles. The molecule has 1 aliphatic heterocycles. The highest BCUT2D eigenvalue weighted by Crippen LogP contribution is 2.35. The van der Waals surface area contributed by atoms with Gasteiger partial charge >= 0.3 is 12.0 Å². The molecule has 2 N–H and O–H groups in total. The Balaban J connectivity index is 1.53. The van der Waals surface area contributed by atoms with Crippen LogP contribution in [0.15, 0.2) is 18.3 Å². The van der Waals surface area contributed by atoms with E-state index in [1.165, 1.54) is 4.90 Å². The Morgan fingerprint density at radius 2 is 2.15 bits per heavy atom. The van der Waals surface area contributed by atoms with Crippen molar-refractivity contribution in [3.8, 4) is 0 Å². The summed E-state index contributed by atoms with van der Waals surface area (Å²) in [5, 5.41) is 5.95. The van der Waals surface area contributed by atoms with Crippen LogP contribution < -0.4 is 10.6 Å². The van der Waals surface area contributed by atoms with E-state index in [1.54, 1.807) is 25.3 Å². The minimum atomic E-state index is -0.664. The molecule has 8 heteroatoms. The number of anilines is 1. The van der Waals surface area contributed by atoms with Crippen molar-refractivity contribution in [2.45, 2.75) is 44.6 Å². The lowest BCUT2D eigenvalue weighted by molar-refractivity contribution is -0.131. The molecule has 1 spiro atoms. The van der Waals surface area contributed by atoms with Gasteiger partial charge in [0.25, 0.3) is 5.91 Å². The summed E-state index contributed by atoms with van der Waals surface area (Å²) in [6.45, 7) is 2.85. The van der Waals surface area contributed by atoms with Crippen molar-refractivity contribution in [2.75, 3.05) is 25.0 Å². The maximum absolute atomic E-state index is 12.6. The first-order chi connectivity index (χ1) is 12.6. The predicted octanol–water partition coefficient (Wildman–Crippen LogP) is 1.92. The Morgan fingerprint density at radius 1 is 1.38 bits per heavy atom. The molecule has 3 amide bonds. The molecule has 0 atom stereocenters. The summed E-state index contributed by atoms with van der Waals surface area (Å²) in [5.41, 5.74) is -0.294. The first kappa shape index (κ1) is 18.2. The molecule has 26 heavy (non-hydrogen) atoms. The van der Waals surface area contributed by atoms with E-state index in [4.69, 9.17) is 4.74 Å². The summed E-state index contributed by atoms with van der Waals surface area (Å²) in [4.78, 5) is 42.1. The number of hydrogen-bond acceptors (Lipinski definition) is 6. The van der Waals surface area contributed by atoms with Crippen molar-refractivity contribution < 1.29 is 19.1 Å². The van der Waals surface area contributed by atoms with Gasteiger partial charge in [-0.05, 0) is 38.3 Å². The number of hydrogen-bond donors (Lipinski definition) is 2. The van der Waals surface area contributed by atoms with Gasteiger partial charge < -0.3 is 15.4 Å². The highest BCUT2D eigenvalue weighted by Gasteiger charge is 2.51. The maximum atomic E-state index is 12.6. The standard InChI is InChI=1S/C18H24N4O4/c1-2-26-15(23)13-7-5-10-19-14(13)20-11-6-12-22-16(24)18(21-17(22)25)8-3-4-9-18/h5,7,10H,2-4,6,8-9,11-12H2,1H3,(H,19,20)(H,21,25). The van der Waals surface area contributed by atoms with E-state index < -0.39 is 11.5 Å². The summed E-state index contributed by atoms with van der Waals surface area (Å²) >= 11 is 0. The Hall–Kier alpha value is -2.64. The fourth-order valence-corrected chi connectivity index (χ4v) is 3.56. The molecule has 1 aromatic heterocycles. The fraction of sp³-hybridized carbons (Fsp3) is 0.556. The summed E-state index contributed by atoms with van der Waals surface area (Å²) in [7, 11) is 0. The Kier molecular flexibility index (Phi) is 5.39. The molecule has 1 aromatic rings. The van der Waals surface area contributed by atoms with Crippen LogP contribution >= 0.6 is 0 Å². The molecule has 3 rings (SSSR count). The molecule has 0 unspecified atom stereocenters. The average Bonchev–Trinajstić information content (AvgIpc) is 3.19. The number of nitrogens with one attached hydrogen (secondary N) is 2. The zero-order valence-electron chi connectivity index (χ0n) is 14.9. The summed E-state index contributed by atoms with van der Waals surface area (Å²) < 4.78 is 5.01. The van der Waals surface area contributed by atoms with Crippen LogP contribution in [0.4, 0.5) is 10.6 Å². The first-order valence-corrected chi connectivity index (χ1v) is 9.07. The number of nitrogens with zero attached hydrogens (tertiary/aromatic N) is 2. The number of rotatable bonds is 7. The number of aromatic nitrogens is 1. The largest absolute Gasteiger partial charge is 0.462 e. The monoisotopic (exact) mass is 360 g/mol. The number of urea groups is 1. The average molecular weight is 360 g/mol. The topological polar surface area (TPSA) is 101 Å². The molecule has 0 bridgehead atoms. The molecular formula is C18H24N4O4. The first-order valence-electron chi connectivity index (χ1n) is 9.07. The lowest BCUT2D eigenvalue weighted by Gasteiger charge is -2.20.